The SMILES string of the molecule is CCCC(=O)c1nnc2c(-c3ccc(Cl)cc3)cnn2c1CCC. The zero-order valence-corrected chi connectivity index (χ0v) is 14.5. The van der Waals surface area contributed by atoms with Crippen LogP contribution < -0.4 is 0 Å². The number of carbonyl (C=O) groups excluding carboxylic acids is 1. The van der Waals surface area contributed by atoms with Crippen LogP contribution in [0.15, 0.2) is 30.5 Å². The van der Waals surface area contributed by atoms with Crippen molar-refractivity contribution in [1.82, 2.24) is 19.8 Å². The lowest BCUT2D eigenvalue weighted by atomic mass is 10.1. The van der Waals surface area contributed by atoms with Crippen molar-refractivity contribution in [3.05, 3.63) is 46.9 Å². The number of benzene rings is 1. The highest BCUT2D eigenvalue weighted by molar-refractivity contribution is 6.30. The minimum absolute atomic E-state index is 0.0268. The first kappa shape index (κ1) is 16.6. The van der Waals surface area contributed by atoms with Gasteiger partial charge in [-0.1, -0.05) is 44.0 Å². The quantitative estimate of drug-likeness (QED) is 0.624. The van der Waals surface area contributed by atoms with Gasteiger partial charge >= 0.3 is 0 Å². The molecule has 0 fully saturated rings. The second-order valence-electron chi connectivity index (χ2n) is 5.72. The van der Waals surface area contributed by atoms with E-state index < -0.39 is 0 Å². The molecule has 0 saturated heterocycles. The second kappa shape index (κ2) is 7.09. The van der Waals surface area contributed by atoms with Crippen LogP contribution in [0.1, 0.15) is 49.3 Å². The first-order valence-electron chi connectivity index (χ1n) is 8.18. The van der Waals surface area contributed by atoms with Crippen LogP contribution in [0.5, 0.6) is 0 Å². The molecule has 0 aliphatic heterocycles. The first-order chi connectivity index (χ1) is 11.7. The summed E-state index contributed by atoms with van der Waals surface area (Å²) in [7, 11) is 0. The van der Waals surface area contributed by atoms with E-state index in [1.165, 1.54) is 0 Å². The number of ketones is 1. The molecule has 0 aliphatic rings. The van der Waals surface area contributed by atoms with E-state index in [-0.39, 0.29) is 5.78 Å². The number of hydrogen-bond acceptors (Lipinski definition) is 4. The van der Waals surface area contributed by atoms with Crippen LogP contribution in [0.25, 0.3) is 16.8 Å². The van der Waals surface area contributed by atoms with Crippen molar-refractivity contribution in [1.29, 1.82) is 0 Å². The highest BCUT2D eigenvalue weighted by Gasteiger charge is 2.19. The van der Waals surface area contributed by atoms with Gasteiger partial charge in [0.25, 0.3) is 0 Å². The Morgan fingerprint density at radius 1 is 1.12 bits per heavy atom. The molecule has 0 aliphatic carbocycles. The number of aromatic nitrogens is 4. The van der Waals surface area contributed by atoms with E-state index in [2.05, 4.69) is 22.2 Å². The van der Waals surface area contributed by atoms with Crippen molar-refractivity contribution >= 4 is 23.0 Å². The molecule has 0 bridgehead atoms. The van der Waals surface area contributed by atoms with Crippen LogP contribution in [0, 0.1) is 0 Å². The lowest BCUT2D eigenvalue weighted by molar-refractivity contribution is 0.0974. The molecule has 0 amide bonds. The Morgan fingerprint density at radius 3 is 2.54 bits per heavy atom. The third-order valence-electron chi connectivity index (χ3n) is 3.90. The van der Waals surface area contributed by atoms with Crippen LogP contribution in [-0.4, -0.2) is 25.6 Å². The Labute approximate surface area is 145 Å². The highest BCUT2D eigenvalue weighted by atomic mass is 35.5. The molecule has 3 rings (SSSR count). The molecule has 0 unspecified atom stereocenters. The third-order valence-corrected chi connectivity index (χ3v) is 4.15. The summed E-state index contributed by atoms with van der Waals surface area (Å²) in [6, 6.07) is 7.52. The predicted molar refractivity (Wildman–Crippen MR) is 94.5 cm³/mol. The number of Topliss-reactive ketones (excluding diaryl/α,β-unsaturated/α-hetero) is 1. The summed E-state index contributed by atoms with van der Waals surface area (Å²) in [5.74, 6) is 0.0268. The molecule has 1 aromatic carbocycles. The van der Waals surface area contributed by atoms with Crippen LogP contribution >= 0.6 is 11.6 Å². The Hall–Kier alpha value is -2.27. The topological polar surface area (TPSA) is 60.2 Å². The Kier molecular flexibility index (Phi) is 4.90. The van der Waals surface area contributed by atoms with E-state index >= 15 is 0 Å². The summed E-state index contributed by atoms with van der Waals surface area (Å²) >= 11 is 5.96. The minimum Gasteiger partial charge on any atom is -0.292 e. The first-order valence-corrected chi connectivity index (χ1v) is 8.56. The summed E-state index contributed by atoms with van der Waals surface area (Å²) in [5.41, 5.74) is 3.79. The number of fused-ring (bicyclic) bond motifs is 1. The average molecular weight is 343 g/mol. The van der Waals surface area contributed by atoms with E-state index in [9.17, 15) is 4.79 Å². The highest BCUT2D eigenvalue weighted by Crippen LogP contribution is 2.26. The Balaban J connectivity index is 2.15. The van der Waals surface area contributed by atoms with E-state index in [1.54, 1.807) is 10.7 Å². The maximum atomic E-state index is 12.3. The van der Waals surface area contributed by atoms with Gasteiger partial charge in [0.2, 0.25) is 0 Å². The predicted octanol–water partition coefficient (Wildman–Crippen LogP) is 4.38. The molecule has 124 valence electrons. The summed E-state index contributed by atoms with van der Waals surface area (Å²) in [5, 5.41) is 13.7. The van der Waals surface area contributed by atoms with E-state index in [0.29, 0.717) is 22.8 Å². The van der Waals surface area contributed by atoms with Gasteiger partial charge in [0.05, 0.1) is 11.9 Å². The van der Waals surface area contributed by atoms with Crippen molar-refractivity contribution in [3.63, 3.8) is 0 Å². The Bertz CT molecular complexity index is 871. The van der Waals surface area contributed by atoms with Gasteiger partial charge in [-0.15, -0.1) is 10.2 Å². The number of halogens is 1. The van der Waals surface area contributed by atoms with Crippen molar-refractivity contribution in [2.75, 3.05) is 0 Å². The number of carbonyl (C=O) groups is 1. The fourth-order valence-electron chi connectivity index (χ4n) is 2.75. The normalized spacial score (nSPS) is 11.1. The lowest BCUT2D eigenvalue weighted by Crippen LogP contribution is -2.14. The standard InChI is InChI=1S/C18H19ClN4O/c1-3-5-15-17(16(24)6-4-2)21-22-18-14(11-20-23(15)18)12-7-9-13(19)10-8-12/h7-11H,3-6H2,1-2H3. The maximum Gasteiger partial charge on any atom is 0.185 e. The molecule has 0 N–H and O–H groups in total. The molecule has 0 radical (unpaired) electrons. The molecule has 3 aromatic rings. The fourth-order valence-corrected chi connectivity index (χ4v) is 2.87. The number of rotatable bonds is 6. The van der Waals surface area contributed by atoms with Gasteiger partial charge in [-0.3, -0.25) is 4.79 Å². The van der Waals surface area contributed by atoms with Gasteiger partial charge < -0.3 is 0 Å². The number of nitrogens with zero attached hydrogens (tertiary/aromatic N) is 4. The molecule has 24 heavy (non-hydrogen) atoms. The molecular formula is C18H19ClN4O. The van der Waals surface area contributed by atoms with E-state index in [4.69, 9.17) is 11.6 Å². The minimum atomic E-state index is 0.0268. The van der Waals surface area contributed by atoms with Crippen molar-refractivity contribution < 1.29 is 4.79 Å². The van der Waals surface area contributed by atoms with Crippen molar-refractivity contribution in [2.45, 2.75) is 39.5 Å². The molecule has 5 nitrogen and oxygen atoms in total. The van der Waals surface area contributed by atoms with Crippen LogP contribution in [-0.2, 0) is 6.42 Å². The molecule has 0 saturated carbocycles. The van der Waals surface area contributed by atoms with E-state index in [1.807, 2.05) is 31.2 Å². The van der Waals surface area contributed by atoms with E-state index in [0.717, 1.165) is 36.1 Å². The van der Waals surface area contributed by atoms with Gasteiger partial charge in [-0.2, -0.15) is 5.10 Å². The molecule has 6 heteroatoms. The number of aryl methyl sites for hydroxylation is 1. The molecule has 0 atom stereocenters. The van der Waals surface area contributed by atoms with Crippen LogP contribution in [0.4, 0.5) is 0 Å². The zero-order chi connectivity index (χ0) is 17.1. The van der Waals surface area contributed by atoms with Crippen molar-refractivity contribution in [2.24, 2.45) is 0 Å². The van der Waals surface area contributed by atoms with Gasteiger partial charge in [0.1, 0.15) is 0 Å². The smallest absolute Gasteiger partial charge is 0.185 e. The summed E-state index contributed by atoms with van der Waals surface area (Å²) in [4.78, 5) is 12.3. The monoisotopic (exact) mass is 342 g/mol. The summed E-state index contributed by atoms with van der Waals surface area (Å²) < 4.78 is 1.75. The van der Waals surface area contributed by atoms with Crippen molar-refractivity contribution in [3.8, 4) is 11.1 Å². The second-order valence-corrected chi connectivity index (χ2v) is 6.16. The average Bonchev–Trinajstić information content (AvgIpc) is 3.01. The lowest BCUT2D eigenvalue weighted by Gasteiger charge is -2.08. The molecule has 0 spiro atoms. The third kappa shape index (κ3) is 3.04. The molecule has 2 heterocycles. The Morgan fingerprint density at radius 2 is 1.88 bits per heavy atom. The van der Waals surface area contributed by atoms with Gasteiger partial charge in [-0.25, -0.2) is 4.52 Å². The number of hydrogen-bond donors (Lipinski definition) is 0. The van der Waals surface area contributed by atoms with Crippen LogP contribution in [0.2, 0.25) is 5.02 Å². The molecular weight excluding hydrogens is 324 g/mol. The van der Waals surface area contributed by atoms with Gasteiger partial charge in [0.15, 0.2) is 17.1 Å². The zero-order valence-electron chi connectivity index (χ0n) is 13.8. The molecule has 2 aromatic heterocycles. The van der Waals surface area contributed by atoms with Crippen LogP contribution in [0.3, 0.4) is 0 Å². The largest absolute Gasteiger partial charge is 0.292 e. The fraction of sp³-hybridized carbons (Fsp3) is 0.333. The summed E-state index contributed by atoms with van der Waals surface area (Å²) in [6.45, 7) is 4.06. The van der Waals surface area contributed by atoms with Gasteiger partial charge in [-0.05, 0) is 30.5 Å². The van der Waals surface area contributed by atoms with Gasteiger partial charge in [0, 0.05) is 17.0 Å². The summed E-state index contributed by atoms with van der Waals surface area (Å²) in [6.07, 6.45) is 4.67. The maximum absolute atomic E-state index is 12.3.